The first-order chi connectivity index (χ1) is 7.71. The van der Waals surface area contributed by atoms with Crippen molar-refractivity contribution in [1.82, 2.24) is 4.90 Å². The van der Waals surface area contributed by atoms with Gasteiger partial charge in [-0.3, -0.25) is 4.79 Å². The zero-order valence-electron chi connectivity index (χ0n) is 10.2. The summed E-state index contributed by atoms with van der Waals surface area (Å²) >= 11 is 4.38. The molecule has 3 heteroatoms. The Balaban J connectivity index is 1.90. The van der Waals surface area contributed by atoms with Crippen molar-refractivity contribution in [1.29, 1.82) is 0 Å². The molecule has 0 heterocycles. The Morgan fingerprint density at radius 1 is 1.38 bits per heavy atom. The SMILES string of the molecule is CCN(C(=O)CC1(CS)CC1)C1CCCC1. The Morgan fingerprint density at radius 3 is 2.44 bits per heavy atom. The van der Waals surface area contributed by atoms with Crippen LogP contribution in [-0.4, -0.2) is 29.1 Å². The summed E-state index contributed by atoms with van der Waals surface area (Å²) in [6, 6.07) is 0.535. The molecule has 2 fully saturated rings. The molecular weight excluding hydrogens is 218 g/mol. The van der Waals surface area contributed by atoms with Crippen LogP contribution in [0.2, 0.25) is 0 Å². The quantitative estimate of drug-likeness (QED) is 0.734. The average Bonchev–Trinajstić information content (AvgIpc) is 2.85. The fourth-order valence-corrected chi connectivity index (χ4v) is 3.27. The highest BCUT2D eigenvalue weighted by atomic mass is 32.1. The van der Waals surface area contributed by atoms with E-state index in [4.69, 9.17) is 0 Å². The lowest BCUT2D eigenvalue weighted by Gasteiger charge is -2.29. The molecular formula is C13H23NOS. The number of carbonyl (C=O) groups is 1. The minimum absolute atomic E-state index is 0.270. The number of amides is 1. The zero-order chi connectivity index (χ0) is 11.6. The van der Waals surface area contributed by atoms with Crippen LogP contribution in [0.1, 0.15) is 51.9 Å². The number of rotatable bonds is 5. The largest absolute Gasteiger partial charge is 0.340 e. The van der Waals surface area contributed by atoms with Crippen molar-refractivity contribution in [2.75, 3.05) is 12.3 Å². The average molecular weight is 241 g/mol. The van der Waals surface area contributed by atoms with Crippen LogP contribution in [0.5, 0.6) is 0 Å². The van der Waals surface area contributed by atoms with Crippen molar-refractivity contribution in [2.45, 2.75) is 57.9 Å². The van der Waals surface area contributed by atoms with Gasteiger partial charge in [0.25, 0.3) is 0 Å². The third kappa shape index (κ3) is 2.55. The van der Waals surface area contributed by atoms with Crippen LogP contribution >= 0.6 is 12.6 Å². The van der Waals surface area contributed by atoms with Gasteiger partial charge in [-0.1, -0.05) is 12.8 Å². The number of nitrogens with zero attached hydrogens (tertiary/aromatic N) is 1. The molecule has 0 aromatic rings. The fourth-order valence-electron chi connectivity index (χ4n) is 2.84. The van der Waals surface area contributed by atoms with Crippen molar-refractivity contribution in [3.8, 4) is 0 Å². The minimum Gasteiger partial charge on any atom is -0.340 e. The fraction of sp³-hybridized carbons (Fsp3) is 0.923. The number of carbonyl (C=O) groups excluding carboxylic acids is 1. The van der Waals surface area contributed by atoms with E-state index in [1.54, 1.807) is 0 Å². The Labute approximate surface area is 104 Å². The summed E-state index contributed by atoms with van der Waals surface area (Å²) in [6.45, 7) is 2.99. The van der Waals surface area contributed by atoms with E-state index in [-0.39, 0.29) is 5.41 Å². The van der Waals surface area contributed by atoms with E-state index < -0.39 is 0 Å². The van der Waals surface area contributed by atoms with Gasteiger partial charge in [0.15, 0.2) is 0 Å². The topological polar surface area (TPSA) is 20.3 Å². The molecule has 2 nitrogen and oxygen atoms in total. The molecule has 2 saturated carbocycles. The second kappa shape index (κ2) is 4.99. The van der Waals surface area contributed by atoms with Gasteiger partial charge >= 0.3 is 0 Å². The molecule has 2 aliphatic carbocycles. The van der Waals surface area contributed by atoms with Gasteiger partial charge in [0.2, 0.25) is 5.91 Å². The molecule has 92 valence electrons. The minimum atomic E-state index is 0.270. The van der Waals surface area contributed by atoms with Crippen LogP contribution in [0.3, 0.4) is 0 Å². The Kier molecular flexibility index (Phi) is 3.83. The van der Waals surface area contributed by atoms with Gasteiger partial charge in [-0.15, -0.1) is 0 Å². The predicted octanol–water partition coefficient (Wildman–Crippen LogP) is 2.88. The molecule has 0 bridgehead atoms. The second-order valence-corrected chi connectivity index (χ2v) is 5.77. The first-order valence-electron chi connectivity index (χ1n) is 6.61. The maximum Gasteiger partial charge on any atom is 0.223 e. The normalized spacial score (nSPS) is 23.4. The molecule has 0 atom stereocenters. The molecule has 2 aliphatic rings. The highest BCUT2D eigenvalue weighted by molar-refractivity contribution is 7.80. The van der Waals surface area contributed by atoms with Crippen LogP contribution < -0.4 is 0 Å². The summed E-state index contributed by atoms with van der Waals surface area (Å²) in [4.78, 5) is 14.4. The monoisotopic (exact) mass is 241 g/mol. The van der Waals surface area contributed by atoms with E-state index in [9.17, 15) is 4.79 Å². The summed E-state index contributed by atoms with van der Waals surface area (Å²) < 4.78 is 0. The van der Waals surface area contributed by atoms with Crippen LogP contribution in [0, 0.1) is 5.41 Å². The highest BCUT2D eigenvalue weighted by Gasteiger charge is 2.44. The first kappa shape index (κ1) is 12.3. The highest BCUT2D eigenvalue weighted by Crippen LogP contribution is 2.50. The van der Waals surface area contributed by atoms with E-state index in [0.717, 1.165) is 18.7 Å². The summed E-state index contributed by atoms with van der Waals surface area (Å²) in [5.41, 5.74) is 0.270. The van der Waals surface area contributed by atoms with Gasteiger partial charge < -0.3 is 4.90 Å². The van der Waals surface area contributed by atoms with E-state index in [2.05, 4.69) is 24.5 Å². The summed E-state index contributed by atoms with van der Waals surface area (Å²) in [5, 5.41) is 0. The molecule has 16 heavy (non-hydrogen) atoms. The van der Waals surface area contributed by atoms with Gasteiger partial charge in [-0.2, -0.15) is 12.6 Å². The summed E-state index contributed by atoms with van der Waals surface area (Å²) in [5.74, 6) is 1.25. The van der Waals surface area contributed by atoms with E-state index in [1.807, 2.05) is 0 Å². The van der Waals surface area contributed by atoms with Gasteiger partial charge in [-0.25, -0.2) is 0 Å². The molecule has 2 rings (SSSR count). The van der Waals surface area contributed by atoms with Gasteiger partial charge in [0.05, 0.1) is 0 Å². The van der Waals surface area contributed by atoms with Crippen molar-refractivity contribution in [3.63, 3.8) is 0 Å². The smallest absolute Gasteiger partial charge is 0.223 e. The van der Waals surface area contributed by atoms with Gasteiger partial charge in [0.1, 0.15) is 0 Å². The molecule has 0 aliphatic heterocycles. The molecule has 0 radical (unpaired) electrons. The second-order valence-electron chi connectivity index (χ2n) is 5.45. The van der Waals surface area contributed by atoms with Crippen LogP contribution in [0.4, 0.5) is 0 Å². The van der Waals surface area contributed by atoms with E-state index in [1.165, 1.54) is 38.5 Å². The standard InChI is InChI=1S/C13H23NOS/c1-2-14(11-5-3-4-6-11)12(15)9-13(10-16)7-8-13/h11,16H,2-10H2,1H3. The predicted molar refractivity (Wildman–Crippen MR) is 69.8 cm³/mol. The van der Waals surface area contributed by atoms with Crippen molar-refractivity contribution in [3.05, 3.63) is 0 Å². The van der Waals surface area contributed by atoms with Crippen LogP contribution in [0.15, 0.2) is 0 Å². The van der Waals surface area contributed by atoms with Crippen molar-refractivity contribution < 1.29 is 4.79 Å². The number of hydrogen-bond acceptors (Lipinski definition) is 2. The Hall–Kier alpha value is -0.180. The van der Waals surface area contributed by atoms with Gasteiger partial charge in [0, 0.05) is 19.0 Å². The number of thiol groups is 1. The molecule has 0 aromatic heterocycles. The summed E-state index contributed by atoms with van der Waals surface area (Å²) in [7, 11) is 0. The first-order valence-corrected chi connectivity index (χ1v) is 7.24. The lowest BCUT2D eigenvalue weighted by atomic mass is 10.0. The number of hydrogen-bond donors (Lipinski definition) is 1. The van der Waals surface area contributed by atoms with Crippen LogP contribution in [-0.2, 0) is 4.79 Å². The van der Waals surface area contributed by atoms with Gasteiger partial charge in [-0.05, 0) is 43.8 Å². The Bertz CT molecular complexity index is 257. The molecule has 0 unspecified atom stereocenters. The maximum atomic E-state index is 12.3. The van der Waals surface area contributed by atoms with Crippen LogP contribution in [0.25, 0.3) is 0 Å². The maximum absolute atomic E-state index is 12.3. The van der Waals surface area contributed by atoms with E-state index >= 15 is 0 Å². The third-order valence-corrected chi connectivity index (χ3v) is 4.92. The van der Waals surface area contributed by atoms with Crippen molar-refractivity contribution >= 4 is 18.5 Å². The summed E-state index contributed by atoms with van der Waals surface area (Å²) in [6.07, 6.45) is 8.16. The molecule has 0 aromatic carbocycles. The molecule has 0 spiro atoms. The molecule has 0 N–H and O–H groups in total. The van der Waals surface area contributed by atoms with Crippen molar-refractivity contribution in [2.24, 2.45) is 5.41 Å². The molecule has 0 saturated heterocycles. The lowest BCUT2D eigenvalue weighted by Crippen LogP contribution is -2.39. The zero-order valence-corrected chi connectivity index (χ0v) is 11.1. The lowest BCUT2D eigenvalue weighted by molar-refractivity contribution is -0.134. The third-order valence-electron chi connectivity index (χ3n) is 4.25. The molecule has 1 amide bonds. The van der Waals surface area contributed by atoms with E-state index in [0.29, 0.717) is 11.9 Å². The Morgan fingerprint density at radius 2 is 2.00 bits per heavy atom.